The first-order valence-electron chi connectivity index (χ1n) is 10.8. The number of fused-ring (bicyclic) bond motifs is 1. The summed E-state index contributed by atoms with van der Waals surface area (Å²) in [7, 11) is 1.55. The van der Waals surface area contributed by atoms with Crippen LogP contribution in [0.15, 0.2) is 11.6 Å². The minimum atomic E-state index is -0.506. The Labute approximate surface area is 183 Å². The fourth-order valence-electron chi connectivity index (χ4n) is 4.37. The topological polar surface area (TPSA) is 94.1 Å². The Morgan fingerprint density at radius 1 is 1.35 bits per heavy atom. The van der Waals surface area contributed by atoms with Crippen molar-refractivity contribution >= 4 is 11.9 Å². The summed E-state index contributed by atoms with van der Waals surface area (Å²) in [5.74, 6) is 0.0162. The molecule has 3 rings (SSSR count). The van der Waals surface area contributed by atoms with Crippen LogP contribution in [0.1, 0.15) is 73.5 Å². The first-order valence-corrected chi connectivity index (χ1v) is 10.8. The largest absolute Gasteiger partial charge is 0.507 e. The van der Waals surface area contributed by atoms with Crippen LogP contribution in [0.25, 0.3) is 0 Å². The Kier molecular flexibility index (Phi) is 6.94. The zero-order valence-electron chi connectivity index (χ0n) is 19.1. The maximum atomic E-state index is 12.4. The number of carbonyl (C=O) groups excluding carboxylic acids is 2. The molecular weight excluding hydrogens is 398 g/mol. The summed E-state index contributed by atoms with van der Waals surface area (Å²) in [6.07, 6.45) is 5.04. The molecule has 1 saturated heterocycles. The molecule has 0 radical (unpaired) electrons. The van der Waals surface area contributed by atoms with Crippen LogP contribution in [-0.4, -0.2) is 42.3 Å². The molecule has 0 saturated carbocycles. The average Bonchev–Trinajstić information content (AvgIpc) is 3.09. The number of esters is 1. The van der Waals surface area contributed by atoms with Crippen LogP contribution in [0.5, 0.6) is 11.5 Å². The second kappa shape index (κ2) is 9.30. The molecular formula is C24H33NO6. The van der Waals surface area contributed by atoms with Gasteiger partial charge in [0.05, 0.1) is 12.7 Å². The summed E-state index contributed by atoms with van der Waals surface area (Å²) < 4.78 is 16.3. The number of amides is 1. The standard InChI is InChI=1S/C24H33NO6/c1-14(7-9-19(26)25-16-10-11-31-24(3,4)12-16)6-8-17-21(27)20-18(13-30-23(20)28)15(2)22(17)29-5/h6,16,27H,7-13H2,1-5H3,(H,25,26). The van der Waals surface area contributed by atoms with E-state index in [1.165, 1.54) is 0 Å². The number of methoxy groups -OCH3 is 1. The van der Waals surface area contributed by atoms with Crippen molar-refractivity contribution in [2.45, 2.75) is 78.0 Å². The first kappa shape index (κ1) is 23.1. The lowest BCUT2D eigenvalue weighted by Gasteiger charge is -2.35. The molecule has 1 fully saturated rings. The number of allylic oxidation sites excluding steroid dienone is 2. The van der Waals surface area contributed by atoms with E-state index < -0.39 is 5.97 Å². The van der Waals surface area contributed by atoms with E-state index in [4.69, 9.17) is 14.2 Å². The number of benzene rings is 1. The summed E-state index contributed by atoms with van der Waals surface area (Å²) in [6, 6.07) is 0.149. The molecule has 1 aromatic rings. The third kappa shape index (κ3) is 5.21. The maximum Gasteiger partial charge on any atom is 0.342 e. The van der Waals surface area contributed by atoms with E-state index in [2.05, 4.69) is 5.32 Å². The summed E-state index contributed by atoms with van der Waals surface area (Å²) in [5.41, 5.74) is 3.11. The van der Waals surface area contributed by atoms with Gasteiger partial charge in [-0.3, -0.25) is 4.79 Å². The molecule has 0 bridgehead atoms. The molecule has 2 heterocycles. The van der Waals surface area contributed by atoms with Gasteiger partial charge in [0.2, 0.25) is 5.91 Å². The molecule has 170 valence electrons. The number of carbonyl (C=O) groups is 2. The highest BCUT2D eigenvalue weighted by molar-refractivity contribution is 5.98. The summed E-state index contributed by atoms with van der Waals surface area (Å²) >= 11 is 0. The third-order valence-electron chi connectivity index (χ3n) is 6.11. The minimum absolute atomic E-state index is 0.0343. The van der Waals surface area contributed by atoms with Gasteiger partial charge >= 0.3 is 5.97 Å². The van der Waals surface area contributed by atoms with Crippen molar-refractivity contribution in [1.82, 2.24) is 5.32 Å². The third-order valence-corrected chi connectivity index (χ3v) is 6.11. The molecule has 1 aromatic carbocycles. The van der Waals surface area contributed by atoms with Gasteiger partial charge in [0, 0.05) is 30.2 Å². The van der Waals surface area contributed by atoms with Gasteiger partial charge in [0.15, 0.2) is 0 Å². The molecule has 7 heteroatoms. The number of rotatable bonds is 7. The van der Waals surface area contributed by atoms with E-state index in [9.17, 15) is 14.7 Å². The molecule has 0 spiro atoms. The van der Waals surface area contributed by atoms with Crippen molar-refractivity contribution in [3.05, 3.63) is 33.9 Å². The fraction of sp³-hybridized carbons (Fsp3) is 0.583. The number of phenols is 1. The number of hydrogen-bond donors (Lipinski definition) is 2. The van der Waals surface area contributed by atoms with Gasteiger partial charge in [0.25, 0.3) is 0 Å². The Bertz CT molecular complexity index is 902. The molecule has 2 aliphatic rings. The van der Waals surface area contributed by atoms with Crippen molar-refractivity contribution < 1.29 is 28.9 Å². The molecule has 1 amide bonds. The Morgan fingerprint density at radius 3 is 2.77 bits per heavy atom. The Balaban J connectivity index is 1.62. The molecule has 0 aliphatic carbocycles. The van der Waals surface area contributed by atoms with Crippen LogP contribution in [0.3, 0.4) is 0 Å². The van der Waals surface area contributed by atoms with Gasteiger partial charge < -0.3 is 24.6 Å². The maximum absolute atomic E-state index is 12.4. The number of hydrogen-bond acceptors (Lipinski definition) is 6. The highest BCUT2D eigenvalue weighted by Crippen LogP contribution is 2.42. The van der Waals surface area contributed by atoms with E-state index in [0.29, 0.717) is 42.7 Å². The van der Waals surface area contributed by atoms with Gasteiger partial charge in [0.1, 0.15) is 23.7 Å². The Morgan fingerprint density at radius 2 is 2.10 bits per heavy atom. The molecule has 1 unspecified atom stereocenters. The van der Waals surface area contributed by atoms with E-state index in [-0.39, 0.29) is 35.5 Å². The predicted octanol–water partition coefficient (Wildman–Crippen LogP) is 3.72. The van der Waals surface area contributed by atoms with Gasteiger partial charge in [-0.15, -0.1) is 0 Å². The van der Waals surface area contributed by atoms with Crippen molar-refractivity contribution in [3.63, 3.8) is 0 Å². The van der Waals surface area contributed by atoms with E-state index in [0.717, 1.165) is 24.0 Å². The zero-order valence-corrected chi connectivity index (χ0v) is 19.1. The second-order valence-electron chi connectivity index (χ2n) is 9.04. The first-order chi connectivity index (χ1) is 14.6. The normalized spacial score (nSPS) is 20.2. The van der Waals surface area contributed by atoms with E-state index in [1.54, 1.807) is 7.11 Å². The van der Waals surface area contributed by atoms with Crippen LogP contribution >= 0.6 is 0 Å². The summed E-state index contributed by atoms with van der Waals surface area (Å²) in [5, 5.41) is 13.8. The number of cyclic esters (lactones) is 1. The molecule has 0 aromatic heterocycles. The predicted molar refractivity (Wildman–Crippen MR) is 116 cm³/mol. The highest BCUT2D eigenvalue weighted by Gasteiger charge is 2.32. The van der Waals surface area contributed by atoms with Crippen molar-refractivity contribution in [3.8, 4) is 11.5 Å². The SMILES string of the molecule is COc1c(C)c2c(c(O)c1CC=C(C)CCC(=O)NC1CCOC(C)(C)C1)C(=O)OC2. The molecule has 2 aliphatic heterocycles. The molecule has 1 atom stereocenters. The average molecular weight is 432 g/mol. The lowest BCUT2D eigenvalue weighted by molar-refractivity contribution is -0.124. The number of nitrogens with one attached hydrogen (secondary N) is 1. The van der Waals surface area contributed by atoms with Crippen LogP contribution in [-0.2, 0) is 27.3 Å². The van der Waals surface area contributed by atoms with Gasteiger partial charge in [-0.05, 0) is 58.9 Å². The summed E-state index contributed by atoms with van der Waals surface area (Å²) in [6.45, 7) is 8.73. The molecule has 7 nitrogen and oxygen atoms in total. The number of phenolic OH excluding ortho intramolecular Hbond substituents is 1. The van der Waals surface area contributed by atoms with Crippen molar-refractivity contribution in [2.24, 2.45) is 0 Å². The quantitative estimate of drug-likeness (QED) is 0.505. The van der Waals surface area contributed by atoms with E-state index >= 15 is 0 Å². The lowest BCUT2D eigenvalue weighted by atomic mass is 9.93. The van der Waals surface area contributed by atoms with Gasteiger partial charge in [-0.25, -0.2) is 4.79 Å². The fourth-order valence-corrected chi connectivity index (χ4v) is 4.37. The van der Waals surface area contributed by atoms with Crippen LogP contribution < -0.4 is 10.1 Å². The number of ether oxygens (including phenoxy) is 3. The smallest absolute Gasteiger partial charge is 0.342 e. The van der Waals surface area contributed by atoms with Gasteiger partial charge in [-0.2, -0.15) is 0 Å². The van der Waals surface area contributed by atoms with Gasteiger partial charge in [-0.1, -0.05) is 11.6 Å². The zero-order chi connectivity index (χ0) is 22.8. The van der Waals surface area contributed by atoms with Crippen molar-refractivity contribution in [2.75, 3.05) is 13.7 Å². The number of aromatic hydroxyl groups is 1. The van der Waals surface area contributed by atoms with Crippen LogP contribution in [0.2, 0.25) is 0 Å². The Hall–Kier alpha value is -2.54. The van der Waals surface area contributed by atoms with Crippen LogP contribution in [0.4, 0.5) is 0 Å². The summed E-state index contributed by atoms with van der Waals surface area (Å²) in [4.78, 5) is 24.4. The molecule has 31 heavy (non-hydrogen) atoms. The highest BCUT2D eigenvalue weighted by atomic mass is 16.5. The van der Waals surface area contributed by atoms with Crippen molar-refractivity contribution in [1.29, 1.82) is 0 Å². The van der Waals surface area contributed by atoms with Crippen LogP contribution in [0, 0.1) is 6.92 Å². The molecule has 2 N–H and O–H groups in total. The second-order valence-corrected chi connectivity index (χ2v) is 9.04. The lowest BCUT2D eigenvalue weighted by Crippen LogP contribution is -2.45. The monoisotopic (exact) mass is 431 g/mol. The van der Waals surface area contributed by atoms with E-state index in [1.807, 2.05) is 33.8 Å². The minimum Gasteiger partial charge on any atom is -0.507 e.